The maximum atomic E-state index is 12.5. The van der Waals surface area contributed by atoms with Gasteiger partial charge in [0.2, 0.25) is 0 Å². The fourth-order valence-electron chi connectivity index (χ4n) is 3.21. The van der Waals surface area contributed by atoms with Crippen LogP contribution in [0, 0.1) is 6.92 Å². The quantitative estimate of drug-likeness (QED) is 0.428. The Morgan fingerprint density at radius 2 is 1.94 bits per heavy atom. The molecular weight excluding hydrogens is 454 g/mol. The van der Waals surface area contributed by atoms with Crippen LogP contribution in [0.3, 0.4) is 0 Å². The summed E-state index contributed by atoms with van der Waals surface area (Å²) in [5.41, 5.74) is 2.70. The molecule has 168 valence electrons. The summed E-state index contributed by atoms with van der Waals surface area (Å²) >= 11 is 7.58. The van der Waals surface area contributed by atoms with E-state index in [0.717, 1.165) is 27.2 Å². The van der Waals surface area contributed by atoms with Crippen LogP contribution in [0.2, 0.25) is 5.02 Å². The van der Waals surface area contributed by atoms with E-state index in [1.54, 1.807) is 12.1 Å². The van der Waals surface area contributed by atoms with Gasteiger partial charge in [-0.1, -0.05) is 17.7 Å². The summed E-state index contributed by atoms with van der Waals surface area (Å²) in [5, 5.41) is 22.7. The van der Waals surface area contributed by atoms with Crippen LogP contribution in [0.5, 0.6) is 0 Å². The molecule has 10 heteroatoms. The van der Waals surface area contributed by atoms with Crippen molar-refractivity contribution in [3.8, 4) is 0 Å². The molecule has 0 saturated heterocycles. The highest BCUT2D eigenvalue weighted by molar-refractivity contribution is 7.18. The van der Waals surface area contributed by atoms with Gasteiger partial charge in [-0.15, -0.1) is 11.3 Å². The predicted molar refractivity (Wildman–Crippen MR) is 124 cm³/mol. The molecule has 0 bridgehead atoms. The van der Waals surface area contributed by atoms with Crippen molar-refractivity contribution in [3.63, 3.8) is 0 Å². The Bertz CT molecular complexity index is 1180. The highest BCUT2D eigenvalue weighted by Gasteiger charge is 2.22. The van der Waals surface area contributed by atoms with Gasteiger partial charge in [-0.05, 0) is 49.2 Å². The molecule has 1 amide bonds. The maximum Gasteiger partial charge on any atom is 0.326 e. The lowest BCUT2D eigenvalue weighted by molar-refractivity contribution is -0.140. The number of carboxylic acids is 2. The minimum atomic E-state index is -1.27. The van der Waals surface area contributed by atoms with Crippen molar-refractivity contribution in [2.45, 2.75) is 32.4 Å². The first-order valence-electron chi connectivity index (χ1n) is 9.76. The zero-order chi connectivity index (χ0) is 23.4. The Balaban J connectivity index is 1.69. The van der Waals surface area contributed by atoms with Gasteiger partial charge in [-0.3, -0.25) is 14.6 Å². The van der Waals surface area contributed by atoms with E-state index in [9.17, 15) is 19.5 Å². The third-order valence-corrected chi connectivity index (χ3v) is 6.32. The van der Waals surface area contributed by atoms with Crippen molar-refractivity contribution in [1.29, 1.82) is 0 Å². The number of aliphatic carboxylic acids is 2. The van der Waals surface area contributed by atoms with E-state index < -0.39 is 23.9 Å². The minimum Gasteiger partial charge on any atom is -0.481 e. The standard InChI is InChI=1S/C22H22ClN3O5S/c1-12-9-15(23)14-10-13(3-4-16(14)24-12)11-26(2)19-7-6-18(32-19)21(29)25-17(22(30)31)5-8-20(27)28/h3-4,6-7,9-10,17H,5,8,11H2,1-2H3,(H,25,29)(H,27,28)(H,30,31)/t17-/m0/s1. The lowest BCUT2D eigenvalue weighted by atomic mass is 10.1. The molecule has 1 aromatic carbocycles. The van der Waals surface area contributed by atoms with Crippen LogP contribution >= 0.6 is 22.9 Å². The van der Waals surface area contributed by atoms with Crippen LogP contribution in [0.1, 0.15) is 33.8 Å². The van der Waals surface area contributed by atoms with E-state index in [1.165, 1.54) is 11.3 Å². The molecule has 0 unspecified atom stereocenters. The van der Waals surface area contributed by atoms with Gasteiger partial charge < -0.3 is 20.4 Å². The molecule has 32 heavy (non-hydrogen) atoms. The number of anilines is 1. The SMILES string of the molecule is Cc1cc(Cl)c2cc(CN(C)c3ccc(C(=O)N[C@@H](CCC(=O)O)C(=O)O)s3)ccc2n1. The number of pyridine rings is 1. The number of halogens is 1. The van der Waals surface area contributed by atoms with E-state index in [4.69, 9.17) is 16.7 Å². The van der Waals surface area contributed by atoms with Gasteiger partial charge in [0.15, 0.2) is 0 Å². The Kier molecular flexibility index (Phi) is 7.32. The summed E-state index contributed by atoms with van der Waals surface area (Å²) in [6.07, 6.45) is -0.534. The number of nitrogens with zero attached hydrogens (tertiary/aromatic N) is 2. The zero-order valence-electron chi connectivity index (χ0n) is 17.5. The number of amides is 1. The van der Waals surface area contributed by atoms with Crippen molar-refractivity contribution < 1.29 is 24.6 Å². The normalized spacial score (nSPS) is 11.8. The van der Waals surface area contributed by atoms with Gasteiger partial charge in [0.25, 0.3) is 5.91 Å². The fourth-order valence-corrected chi connectivity index (χ4v) is 4.39. The smallest absolute Gasteiger partial charge is 0.326 e. The molecule has 2 aromatic heterocycles. The number of fused-ring (bicyclic) bond motifs is 1. The topological polar surface area (TPSA) is 120 Å². The third-order valence-electron chi connectivity index (χ3n) is 4.81. The molecule has 0 aliphatic rings. The Labute approximate surface area is 193 Å². The maximum absolute atomic E-state index is 12.5. The highest BCUT2D eigenvalue weighted by atomic mass is 35.5. The van der Waals surface area contributed by atoms with E-state index in [2.05, 4.69) is 10.3 Å². The number of carbonyl (C=O) groups is 3. The molecule has 0 aliphatic heterocycles. The first-order valence-corrected chi connectivity index (χ1v) is 11.0. The van der Waals surface area contributed by atoms with Gasteiger partial charge in [-0.25, -0.2) is 4.79 Å². The number of aromatic nitrogens is 1. The largest absolute Gasteiger partial charge is 0.481 e. The summed E-state index contributed by atoms with van der Waals surface area (Å²) in [7, 11) is 1.89. The predicted octanol–water partition coefficient (Wildman–Crippen LogP) is 3.94. The number of thiophene rings is 1. The molecule has 8 nitrogen and oxygen atoms in total. The average Bonchev–Trinajstić information content (AvgIpc) is 3.21. The number of benzene rings is 1. The van der Waals surface area contributed by atoms with Crippen LogP contribution in [-0.2, 0) is 16.1 Å². The monoisotopic (exact) mass is 475 g/mol. The minimum absolute atomic E-state index is 0.187. The Hall–Kier alpha value is -3.17. The molecule has 3 aromatic rings. The van der Waals surface area contributed by atoms with Crippen molar-refractivity contribution in [2.75, 3.05) is 11.9 Å². The van der Waals surface area contributed by atoms with Crippen molar-refractivity contribution in [1.82, 2.24) is 10.3 Å². The van der Waals surface area contributed by atoms with Crippen LogP contribution in [0.4, 0.5) is 5.00 Å². The number of carboxylic acid groups (broad SMARTS) is 2. The first-order chi connectivity index (χ1) is 15.1. The number of nitrogens with one attached hydrogen (secondary N) is 1. The number of rotatable bonds is 9. The fraction of sp³-hybridized carbons (Fsp3) is 0.273. The summed E-state index contributed by atoms with van der Waals surface area (Å²) in [5.74, 6) is -2.94. The Morgan fingerprint density at radius 1 is 1.19 bits per heavy atom. The molecular formula is C22H22ClN3O5S. The van der Waals surface area contributed by atoms with E-state index in [1.807, 2.05) is 43.1 Å². The van der Waals surface area contributed by atoms with E-state index in [-0.39, 0.29) is 12.8 Å². The summed E-state index contributed by atoms with van der Waals surface area (Å²) < 4.78 is 0. The van der Waals surface area contributed by atoms with Gasteiger partial charge in [0.1, 0.15) is 6.04 Å². The third kappa shape index (κ3) is 5.74. The van der Waals surface area contributed by atoms with Crippen LogP contribution in [0.15, 0.2) is 36.4 Å². The summed E-state index contributed by atoms with van der Waals surface area (Å²) in [6.45, 7) is 2.46. The number of carbonyl (C=O) groups excluding carboxylic acids is 1. The average molecular weight is 476 g/mol. The molecule has 0 fully saturated rings. The lowest BCUT2D eigenvalue weighted by Crippen LogP contribution is -2.40. The van der Waals surface area contributed by atoms with Gasteiger partial charge in [0, 0.05) is 31.1 Å². The highest BCUT2D eigenvalue weighted by Crippen LogP contribution is 2.28. The van der Waals surface area contributed by atoms with Gasteiger partial charge >= 0.3 is 11.9 Å². The molecule has 1 atom stereocenters. The van der Waals surface area contributed by atoms with E-state index >= 15 is 0 Å². The van der Waals surface area contributed by atoms with Crippen LogP contribution in [-0.4, -0.2) is 46.1 Å². The number of aryl methyl sites for hydroxylation is 1. The molecule has 0 radical (unpaired) electrons. The van der Waals surface area contributed by atoms with Gasteiger partial charge in [0.05, 0.1) is 20.4 Å². The van der Waals surface area contributed by atoms with Crippen molar-refractivity contribution >= 4 is 56.7 Å². The molecule has 0 saturated carbocycles. The molecule has 3 rings (SSSR count). The van der Waals surface area contributed by atoms with Crippen LogP contribution < -0.4 is 10.2 Å². The molecule has 0 spiro atoms. The molecule has 0 aliphatic carbocycles. The first kappa shape index (κ1) is 23.5. The zero-order valence-corrected chi connectivity index (χ0v) is 19.0. The lowest BCUT2D eigenvalue weighted by Gasteiger charge is -2.17. The molecule has 3 N–H and O–H groups in total. The van der Waals surface area contributed by atoms with Gasteiger partial charge in [-0.2, -0.15) is 0 Å². The number of hydrogen-bond donors (Lipinski definition) is 3. The second kappa shape index (κ2) is 9.97. The summed E-state index contributed by atoms with van der Waals surface area (Å²) in [6, 6.07) is 9.85. The van der Waals surface area contributed by atoms with E-state index in [0.29, 0.717) is 16.4 Å². The molecule has 2 heterocycles. The van der Waals surface area contributed by atoms with Crippen molar-refractivity contribution in [3.05, 3.63) is 57.6 Å². The second-order valence-corrected chi connectivity index (χ2v) is 8.86. The number of hydrogen-bond acceptors (Lipinski definition) is 6. The van der Waals surface area contributed by atoms with Crippen LogP contribution in [0.25, 0.3) is 10.9 Å². The summed E-state index contributed by atoms with van der Waals surface area (Å²) in [4.78, 5) is 41.3. The second-order valence-electron chi connectivity index (χ2n) is 7.39. The van der Waals surface area contributed by atoms with Crippen molar-refractivity contribution in [2.24, 2.45) is 0 Å². The Morgan fingerprint density at radius 3 is 2.62 bits per heavy atom.